The average Bonchev–Trinajstić information content (AvgIpc) is 1.83. The van der Waals surface area contributed by atoms with Gasteiger partial charge < -0.3 is 5.32 Å². The predicted octanol–water partition coefficient (Wildman–Crippen LogP) is -0.478. The Balaban J connectivity index is 3.17. The van der Waals surface area contributed by atoms with Crippen molar-refractivity contribution in [1.82, 2.24) is 10.2 Å². The lowest BCUT2D eigenvalue weighted by molar-refractivity contribution is -0.120. The summed E-state index contributed by atoms with van der Waals surface area (Å²) in [5.41, 5.74) is 0. The normalized spacial score (nSPS) is 9.78. The molecule has 0 saturated carbocycles. The van der Waals surface area contributed by atoms with Crippen molar-refractivity contribution in [3.05, 3.63) is 0 Å². The summed E-state index contributed by atoms with van der Waals surface area (Å²) in [4.78, 5) is 12.6. The Morgan fingerprint density at radius 2 is 2.11 bits per heavy atom. The molecule has 0 spiro atoms. The number of rotatable bonds is 3. The van der Waals surface area contributed by atoms with Crippen molar-refractivity contribution in [1.29, 1.82) is 0 Å². The van der Waals surface area contributed by atoms with Crippen LogP contribution in [0, 0.1) is 0 Å². The molecule has 0 aromatic carbocycles. The van der Waals surface area contributed by atoms with E-state index in [0.29, 0.717) is 6.42 Å². The number of carbonyl (C=O) groups is 1. The first-order valence-electron chi connectivity index (χ1n) is 3.02. The second-order valence-electron chi connectivity index (χ2n) is 2.23. The van der Waals surface area contributed by atoms with E-state index in [-0.39, 0.29) is 5.91 Å². The number of carbonyl (C=O) groups excluding carboxylic acids is 1. The Labute approximate surface area is 56.0 Å². The first kappa shape index (κ1) is 8.43. The van der Waals surface area contributed by atoms with Gasteiger partial charge in [0, 0.05) is 7.05 Å². The summed E-state index contributed by atoms with van der Waals surface area (Å²) in [5.74, 6) is 0.101. The van der Waals surface area contributed by atoms with Gasteiger partial charge in [0.05, 0.1) is 6.42 Å². The molecule has 1 N–H and O–H groups in total. The fraction of sp³-hybridized carbons (Fsp3) is 0.833. The van der Waals surface area contributed by atoms with E-state index in [1.165, 1.54) is 0 Å². The molecule has 53 valence electrons. The third-order valence-corrected chi connectivity index (χ3v) is 1.06. The van der Waals surface area contributed by atoms with Crippen LogP contribution in [0.15, 0.2) is 0 Å². The molecule has 0 atom stereocenters. The molecule has 0 aliphatic carbocycles. The van der Waals surface area contributed by atoms with E-state index < -0.39 is 0 Å². The van der Waals surface area contributed by atoms with E-state index in [1.807, 2.05) is 19.0 Å². The summed E-state index contributed by atoms with van der Waals surface area (Å²) in [7, 11) is 5.55. The number of nitrogens with one attached hydrogen (secondary N) is 1. The molecule has 0 bridgehead atoms. The molecule has 3 heteroatoms. The number of hydrogen-bond acceptors (Lipinski definition) is 2. The van der Waals surface area contributed by atoms with Crippen LogP contribution >= 0.6 is 0 Å². The van der Waals surface area contributed by atoms with Crippen LogP contribution in [0.25, 0.3) is 0 Å². The van der Waals surface area contributed by atoms with Gasteiger partial charge in [0.1, 0.15) is 20.6 Å². The maximum absolute atomic E-state index is 10.6. The van der Waals surface area contributed by atoms with Crippen LogP contribution in [-0.4, -0.2) is 33.6 Å². The summed E-state index contributed by atoms with van der Waals surface area (Å²) in [6.45, 7) is 0.819. The third-order valence-electron chi connectivity index (χ3n) is 1.06. The molecule has 1 radical (unpaired) electrons. The van der Waals surface area contributed by atoms with E-state index in [9.17, 15) is 4.79 Å². The molecule has 0 saturated heterocycles. The summed E-state index contributed by atoms with van der Waals surface area (Å²) < 4.78 is 0. The van der Waals surface area contributed by atoms with Gasteiger partial charge in [-0.25, -0.2) is 0 Å². The Morgan fingerprint density at radius 1 is 1.56 bits per heavy atom. The van der Waals surface area contributed by atoms with Gasteiger partial charge in [-0.15, -0.1) is 0 Å². The first-order valence-corrected chi connectivity index (χ1v) is 3.02. The molecule has 3 nitrogen and oxygen atoms in total. The first-order chi connectivity index (χ1) is 4.16. The standard InChI is InChI=1S/C6H14N2O/c1-7-6(9)4-5-8(2)3/h4-5H2,1-3H3,(H,7,9)/q+1. The minimum absolute atomic E-state index is 0.101. The highest BCUT2D eigenvalue weighted by atomic mass is 16.1. The zero-order valence-corrected chi connectivity index (χ0v) is 6.27. The fourth-order valence-corrected chi connectivity index (χ4v) is 0.450. The predicted molar refractivity (Wildman–Crippen MR) is 37.5 cm³/mol. The van der Waals surface area contributed by atoms with Gasteiger partial charge in [-0.1, -0.05) is 0 Å². The lowest BCUT2D eigenvalue weighted by atomic mass is 10.4. The Morgan fingerprint density at radius 3 is 2.44 bits per heavy atom. The quantitative estimate of drug-likeness (QED) is 0.515. The average molecular weight is 130 g/mol. The van der Waals surface area contributed by atoms with Gasteiger partial charge in [0.25, 0.3) is 0 Å². The molecule has 1 amide bonds. The molecular weight excluding hydrogens is 116 g/mol. The summed E-state index contributed by atoms with van der Waals surface area (Å²) in [5, 5.41) is 2.55. The van der Waals surface area contributed by atoms with Crippen LogP contribution in [0.4, 0.5) is 0 Å². The van der Waals surface area contributed by atoms with Gasteiger partial charge >= 0.3 is 0 Å². The van der Waals surface area contributed by atoms with Gasteiger partial charge in [0.15, 0.2) is 0 Å². The molecule has 0 aromatic rings. The second kappa shape index (κ2) is 4.32. The van der Waals surface area contributed by atoms with Crippen molar-refractivity contribution in [2.45, 2.75) is 6.42 Å². The van der Waals surface area contributed by atoms with Gasteiger partial charge in [-0.05, 0) is 0 Å². The summed E-state index contributed by atoms with van der Waals surface area (Å²) in [6.07, 6.45) is 0.587. The summed E-state index contributed by atoms with van der Waals surface area (Å²) >= 11 is 0. The molecule has 0 heterocycles. The monoisotopic (exact) mass is 130 g/mol. The van der Waals surface area contributed by atoms with Crippen molar-refractivity contribution in [3.8, 4) is 0 Å². The number of amides is 1. The van der Waals surface area contributed by atoms with Crippen molar-refractivity contribution in [3.63, 3.8) is 0 Å². The lowest BCUT2D eigenvalue weighted by Crippen LogP contribution is -2.27. The molecule has 0 unspecified atom stereocenters. The van der Waals surface area contributed by atoms with Crippen LogP contribution < -0.4 is 10.2 Å². The Bertz CT molecular complexity index is 91.1. The van der Waals surface area contributed by atoms with E-state index in [2.05, 4.69) is 5.32 Å². The van der Waals surface area contributed by atoms with E-state index >= 15 is 0 Å². The van der Waals surface area contributed by atoms with Crippen molar-refractivity contribution in [2.24, 2.45) is 0 Å². The highest BCUT2D eigenvalue weighted by Crippen LogP contribution is 1.78. The van der Waals surface area contributed by atoms with Crippen molar-refractivity contribution >= 4 is 5.91 Å². The molecule has 9 heavy (non-hydrogen) atoms. The van der Waals surface area contributed by atoms with Crippen LogP contribution in [0.2, 0.25) is 0 Å². The van der Waals surface area contributed by atoms with E-state index in [1.54, 1.807) is 7.05 Å². The maximum Gasteiger partial charge on any atom is 0.225 e. The number of hydrogen-bond donors (Lipinski definition) is 1. The smallest absolute Gasteiger partial charge is 0.225 e. The maximum atomic E-state index is 10.6. The van der Waals surface area contributed by atoms with Crippen molar-refractivity contribution in [2.75, 3.05) is 27.7 Å². The highest BCUT2D eigenvalue weighted by molar-refractivity contribution is 5.75. The van der Waals surface area contributed by atoms with Crippen LogP contribution in [-0.2, 0) is 4.79 Å². The zero-order valence-electron chi connectivity index (χ0n) is 6.27. The van der Waals surface area contributed by atoms with Gasteiger partial charge in [-0.3, -0.25) is 4.79 Å². The van der Waals surface area contributed by atoms with Crippen LogP contribution in [0.1, 0.15) is 6.42 Å². The highest BCUT2D eigenvalue weighted by Gasteiger charge is 2.02. The van der Waals surface area contributed by atoms with E-state index in [4.69, 9.17) is 0 Å². The molecule has 0 aromatic heterocycles. The minimum Gasteiger partial charge on any atom is -0.359 e. The Hall–Kier alpha value is -0.570. The minimum atomic E-state index is 0.101. The van der Waals surface area contributed by atoms with Crippen LogP contribution in [0.3, 0.4) is 0 Å². The number of nitrogens with zero attached hydrogens (tertiary/aromatic N) is 1. The topological polar surface area (TPSA) is 35.0 Å². The molecule has 0 aliphatic heterocycles. The largest absolute Gasteiger partial charge is 0.359 e. The Kier molecular flexibility index (Phi) is 4.05. The van der Waals surface area contributed by atoms with Gasteiger partial charge in [-0.2, -0.15) is 4.90 Å². The second-order valence-corrected chi connectivity index (χ2v) is 2.23. The lowest BCUT2D eigenvalue weighted by Gasteiger charge is -1.98. The third kappa shape index (κ3) is 5.30. The van der Waals surface area contributed by atoms with Gasteiger partial charge in [0.2, 0.25) is 5.91 Å². The SMILES string of the molecule is CNC(=O)CC[N+](C)C. The molecular formula is C6H14N2O+. The zero-order chi connectivity index (χ0) is 7.28. The summed E-state index contributed by atoms with van der Waals surface area (Å²) in [6, 6.07) is 0. The fourth-order valence-electron chi connectivity index (χ4n) is 0.450. The molecule has 0 rings (SSSR count). The molecule has 0 fully saturated rings. The van der Waals surface area contributed by atoms with Crippen LogP contribution in [0.5, 0.6) is 0 Å². The molecule has 0 aliphatic rings. The van der Waals surface area contributed by atoms with Crippen molar-refractivity contribution < 1.29 is 4.79 Å². The van der Waals surface area contributed by atoms with E-state index in [0.717, 1.165) is 6.54 Å².